The van der Waals surface area contributed by atoms with Crippen LogP contribution in [0.1, 0.15) is 39.5 Å². The SMILES string of the molecule is CC1(C)CCCCC1C(=O)N1CC(OC(F)F)C1. The zero-order valence-electron chi connectivity index (χ0n) is 11.0. The molecule has 104 valence electrons. The topological polar surface area (TPSA) is 29.5 Å². The molecule has 1 heterocycles. The molecule has 2 aliphatic rings. The van der Waals surface area contributed by atoms with Crippen molar-refractivity contribution in [2.24, 2.45) is 11.3 Å². The summed E-state index contributed by atoms with van der Waals surface area (Å²) in [5.74, 6) is 0.160. The second-order valence-electron chi connectivity index (χ2n) is 6.05. The number of carbonyl (C=O) groups is 1. The summed E-state index contributed by atoms with van der Waals surface area (Å²) in [4.78, 5) is 14.0. The molecular weight excluding hydrogens is 240 g/mol. The first-order chi connectivity index (χ1) is 8.40. The highest BCUT2D eigenvalue weighted by Crippen LogP contribution is 2.42. The molecule has 0 aromatic rings. The van der Waals surface area contributed by atoms with Crippen molar-refractivity contribution in [3.63, 3.8) is 0 Å². The van der Waals surface area contributed by atoms with Crippen LogP contribution in [0.3, 0.4) is 0 Å². The molecule has 1 saturated heterocycles. The lowest BCUT2D eigenvalue weighted by atomic mass is 9.68. The van der Waals surface area contributed by atoms with Gasteiger partial charge in [0.25, 0.3) is 0 Å². The van der Waals surface area contributed by atoms with Gasteiger partial charge in [-0.2, -0.15) is 8.78 Å². The van der Waals surface area contributed by atoms with E-state index in [0.717, 1.165) is 19.3 Å². The van der Waals surface area contributed by atoms with Crippen LogP contribution in [0, 0.1) is 11.3 Å². The van der Waals surface area contributed by atoms with E-state index in [1.54, 1.807) is 4.90 Å². The van der Waals surface area contributed by atoms with Gasteiger partial charge < -0.3 is 9.64 Å². The van der Waals surface area contributed by atoms with E-state index >= 15 is 0 Å². The van der Waals surface area contributed by atoms with Gasteiger partial charge in [0.1, 0.15) is 0 Å². The molecule has 2 rings (SSSR count). The molecule has 1 aliphatic carbocycles. The second kappa shape index (κ2) is 5.11. The Morgan fingerprint density at radius 2 is 2.00 bits per heavy atom. The standard InChI is InChI=1S/C13H21F2NO2/c1-13(2)6-4-3-5-10(13)11(17)16-7-9(8-16)18-12(14)15/h9-10,12H,3-8H2,1-2H3. The summed E-state index contributed by atoms with van der Waals surface area (Å²) in [6, 6.07) is 0. The van der Waals surface area contributed by atoms with Crippen LogP contribution in [0.5, 0.6) is 0 Å². The van der Waals surface area contributed by atoms with Gasteiger partial charge in [0.15, 0.2) is 0 Å². The third-order valence-corrected chi connectivity index (χ3v) is 4.26. The van der Waals surface area contributed by atoms with Crippen molar-refractivity contribution < 1.29 is 18.3 Å². The fourth-order valence-corrected chi connectivity index (χ4v) is 3.02. The first kappa shape index (κ1) is 13.7. The molecule has 1 aliphatic heterocycles. The summed E-state index contributed by atoms with van der Waals surface area (Å²) in [5, 5.41) is 0. The number of hydrogen-bond donors (Lipinski definition) is 0. The average molecular weight is 261 g/mol. The van der Waals surface area contributed by atoms with Gasteiger partial charge in [0.2, 0.25) is 5.91 Å². The molecule has 3 nitrogen and oxygen atoms in total. The number of rotatable bonds is 3. The van der Waals surface area contributed by atoms with E-state index in [-0.39, 0.29) is 17.2 Å². The Labute approximate surface area is 106 Å². The van der Waals surface area contributed by atoms with E-state index in [1.165, 1.54) is 6.42 Å². The fraction of sp³-hybridized carbons (Fsp3) is 0.923. The van der Waals surface area contributed by atoms with Crippen molar-refractivity contribution in [1.82, 2.24) is 4.90 Å². The highest BCUT2D eigenvalue weighted by atomic mass is 19.3. The van der Waals surface area contributed by atoms with Crippen LogP contribution in [0.2, 0.25) is 0 Å². The highest BCUT2D eigenvalue weighted by Gasteiger charge is 2.43. The molecule has 1 saturated carbocycles. The van der Waals surface area contributed by atoms with Crippen LogP contribution in [-0.2, 0) is 9.53 Å². The lowest BCUT2D eigenvalue weighted by Gasteiger charge is -2.45. The Hall–Kier alpha value is -0.710. The van der Waals surface area contributed by atoms with E-state index in [1.807, 2.05) is 0 Å². The highest BCUT2D eigenvalue weighted by molar-refractivity contribution is 5.80. The minimum absolute atomic E-state index is 0.0317. The van der Waals surface area contributed by atoms with Gasteiger partial charge in [-0.1, -0.05) is 26.7 Å². The van der Waals surface area contributed by atoms with Gasteiger partial charge in [-0.3, -0.25) is 4.79 Å². The van der Waals surface area contributed by atoms with Crippen molar-refractivity contribution in [1.29, 1.82) is 0 Å². The lowest BCUT2D eigenvalue weighted by molar-refractivity contribution is -0.201. The molecule has 0 aromatic carbocycles. The number of nitrogens with zero attached hydrogens (tertiary/aromatic N) is 1. The number of halogens is 2. The zero-order valence-corrected chi connectivity index (χ0v) is 11.0. The smallest absolute Gasteiger partial charge is 0.337 e. The van der Waals surface area contributed by atoms with Crippen LogP contribution >= 0.6 is 0 Å². The van der Waals surface area contributed by atoms with Crippen molar-refractivity contribution in [3.05, 3.63) is 0 Å². The van der Waals surface area contributed by atoms with Crippen LogP contribution in [0.25, 0.3) is 0 Å². The Morgan fingerprint density at radius 1 is 1.33 bits per heavy atom. The molecule has 2 fully saturated rings. The predicted molar refractivity (Wildman–Crippen MR) is 63.2 cm³/mol. The summed E-state index contributed by atoms with van der Waals surface area (Å²) in [7, 11) is 0. The summed E-state index contributed by atoms with van der Waals surface area (Å²) in [6.07, 6.45) is 3.76. The maximum atomic E-state index is 12.3. The number of carbonyl (C=O) groups excluding carboxylic acids is 1. The summed E-state index contributed by atoms with van der Waals surface area (Å²) >= 11 is 0. The van der Waals surface area contributed by atoms with Gasteiger partial charge in [-0.15, -0.1) is 0 Å². The normalized spacial score (nSPS) is 28.3. The van der Waals surface area contributed by atoms with Crippen molar-refractivity contribution in [3.8, 4) is 0 Å². The quantitative estimate of drug-likeness (QED) is 0.781. The summed E-state index contributed by atoms with van der Waals surface area (Å²) in [6.45, 7) is 2.15. The molecule has 1 unspecified atom stereocenters. The molecule has 1 atom stereocenters. The van der Waals surface area contributed by atoms with Crippen molar-refractivity contribution >= 4 is 5.91 Å². The van der Waals surface area contributed by atoms with E-state index in [0.29, 0.717) is 13.1 Å². The van der Waals surface area contributed by atoms with Crippen LogP contribution in [-0.4, -0.2) is 36.6 Å². The zero-order chi connectivity index (χ0) is 13.3. The van der Waals surface area contributed by atoms with E-state index in [2.05, 4.69) is 18.6 Å². The van der Waals surface area contributed by atoms with Crippen LogP contribution < -0.4 is 0 Å². The van der Waals surface area contributed by atoms with Crippen molar-refractivity contribution in [2.45, 2.75) is 52.2 Å². The number of alkyl halides is 2. The Morgan fingerprint density at radius 3 is 2.56 bits per heavy atom. The third kappa shape index (κ3) is 2.82. The minimum atomic E-state index is -2.74. The minimum Gasteiger partial charge on any atom is -0.337 e. The van der Waals surface area contributed by atoms with Gasteiger partial charge in [-0.25, -0.2) is 0 Å². The largest absolute Gasteiger partial charge is 0.345 e. The average Bonchev–Trinajstić information content (AvgIpc) is 2.21. The van der Waals surface area contributed by atoms with E-state index in [9.17, 15) is 13.6 Å². The molecule has 0 bridgehead atoms. The number of ether oxygens (including phenoxy) is 1. The number of likely N-dealkylation sites (tertiary alicyclic amines) is 1. The van der Waals surface area contributed by atoms with E-state index < -0.39 is 12.7 Å². The molecule has 0 aromatic heterocycles. The lowest BCUT2D eigenvalue weighted by Crippen LogP contribution is -2.58. The van der Waals surface area contributed by atoms with Crippen LogP contribution in [0.4, 0.5) is 8.78 Å². The summed E-state index contributed by atoms with van der Waals surface area (Å²) < 4.78 is 28.4. The van der Waals surface area contributed by atoms with Crippen LogP contribution in [0.15, 0.2) is 0 Å². The number of hydrogen-bond acceptors (Lipinski definition) is 2. The molecule has 0 radical (unpaired) electrons. The Balaban J connectivity index is 1.85. The molecular formula is C13H21F2NO2. The number of amides is 1. The first-order valence-corrected chi connectivity index (χ1v) is 6.62. The summed E-state index contributed by atoms with van der Waals surface area (Å²) in [5.41, 5.74) is 0.0317. The van der Waals surface area contributed by atoms with Gasteiger partial charge >= 0.3 is 6.61 Å². The van der Waals surface area contributed by atoms with Gasteiger partial charge in [0.05, 0.1) is 6.10 Å². The molecule has 0 N–H and O–H groups in total. The molecule has 5 heteroatoms. The molecule has 18 heavy (non-hydrogen) atoms. The van der Waals surface area contributed by atoms with Gasteiger partial charge in [0, 0.05) is 19.0 Å². The fourth-order valence-electron chi connectivity index (χ4n) is 3.02. The molecule has 1 amide bonds. The second-order valence-corrected chi connectivity index (χ2v) is 6.05. The third-order valence-electron chi connectivity index (χ3n) is 4.26. The van der Waals surface area contributed by atoms with Gasteiger partial charge in [-0.05, 0) is 18.3 Å². The predicted octanol–water partition coefficient (Wildman–Crippen LogP) is 2.65. The first-order valence-electron chi connectivity index (χ1n) is 6.62. The Kier molecular flexibility index (Phi) is 3.90. The van der Waals surface area contributed by atoms with Crippen molar-refractivity contribution in [2.75, 3.05) is 13.1 Å². The Bertz CT molecular complexity index is 314. The molecule has 0 spiro atoms. The monoisotopic (exact) mass is 261 g/mol. The van der Waals surface area contributed by atoms with E-state index in [4.69, 9.17) is 0 Å². The maximum Gasteiger partial charge on any atom is 0.345 e. The maximum absolute atomic E-state index is 12.3.